The van der Waals surface area contributed by atoms with Crippen molar-refractivity contribution in [1.82, 2.24) is 10.2 Å². The van der Waals surface area contributed by atoms with Gasteiger partial charge in [-0.1, -0.05) is 24.9 Å². The third-order valence-electron chi connectivity index (χ3n) is 2.05. The molecule has 0 aliphatic rings. The molecule has 0 bridgehead atoms. The maximum absolute atomic E-state index is 5.37. The molecule has 0 saturated heterocycles. The molecule has 0 amide bonds. The molecule has 0 saturated carbocycles. The Balaban J connectivity index is 2.39. The normalized spacial score (nSPS) is 10.5. The summed E-state index contributed by atoms with van der Waals surface area (Å²) in [5.74, 6) is 0.488. The van der Waals surface area contributed by atoms with E-state index in [1.807, 2.05) is 11.9 Å². The van der Waals surface area contributed by atoms with Crippen LogP contribution in [0.1, 0.15) is 32.1 Å². The molecular formula is C9H18N4O. The van der Waals surface area contributed by atoms with Crippen molar-refractivity contribution in [2.75, 3.05) is 18.5 Å². The summed E-state index contributed by atoms with van der Waals surface area (Å²) >= 11 is 0. The van der Waals surface area contributed by atoms with E-state index in [1.165, 1.54) is 12.8 Å². The molecule has 0 atom stereocenters. The van der Waals surface area contributed by atoms with Crippen LogP contribution in [0.15, 0.2) is 4.42 Å². The Kier molecular flexibility index (Phi) is 4.39. The highest BCUT2D eigenvalue weighted by molar-refractivity contribution is 5.21. The van der Waals surface area contributed by atoms with E-state index in [-0.39, 0.29) is 0 Å². The van der Waals surface area contributed by atoms with Gasteiger partial charge in [0.15, 0.2) is 0 Å². The van der Waals surface area contributed by atoms with Gasteiger partial charge in [-0.15, -0.1) is 5.10 Å². The molecule has 5 nitrogen and oxygen atoms in total. The van der Waals surface area contributed by atoms with Gasteiger partial charge in [-0.25, -0.2) is 0 Å². The zero-order valence-corrected chi connectivity index (χ0v) is 8.86. The zero-order chi connectivity index (χ0) is 10.4. The largest absolute Gasteiger partial charge is 0.407 e. The minimum Gasteiger partial charge on any atom is -0.407 e. The highest BCUT2D eigenvalue weighted by Gasteiger charge is 2.08. The number of nitrogens with zero attached hydrogens (tertiary/aromatic N) is 3. The number of aromatic nitrogens is 2. The molecule has 0 fully saturated rings. The Morgan fingerprint density at radius 3 is 2.71 bits per heavy atom. The summed E-state index contributed by atoms with van der Waals surface area (Å²) in [5, 5.41) is 7.70. The van der Waals surface area contributed by atoms with Crippen molar-refractivity contribution in [3.63, 3.8) is 0 Å². The lowest BCUT2D eigenvalue weighted by molar-refractivity contribution is 0.489. The van der Waals surface area contributed by atoms with Crippen LogP contribution in [0.25, 0.3) is 0 Å². The Bertz CT molecular complexity index is 261. The fraction of sp³-hybridized carbons (Fsp3) is 0.778. The van der Waals surface area contributed by atoms with Crippen LogP contribution >= 0.6 is 0 Å². The summed E-state index contributed by atoms with van der Waals surface area (Å²) in [4.78, 5) is 1.96. The first-order valence-electron chi connectivity index (χ1n) is 5.01. The third kappa shape index (κ3) is 2.99. The number of hydrogen-bond donors (Lipinski definition) is 1. The van der Waals surface area contributed by atoms with Crippen molar-refractivity contribution in [2.24, 2.45) is 5.73 Å². The molecule has 0 aliphatic carbocycles. The van der Waals surface area contributed by atoms with Crippen LogP contribution < -0.4 is 10.6 Å². The number of nitrogens with two attached hydrogens (primary N) is 1. The van der Waals surface area contributed by atoms with Gasteiger partial charge in [0.1, 0.15) is 0 Å². The molecule has 0 unspecified atom stereocenters. The second-order valence-corrected chi connectivity index (χ2v) is 3.31. The molecule has 2 N–H and O–H groups in total. The van der Waals surface area contributed by atoms with Gasteiger partial charge in [-0.2, -0.15) is 0 Å². The van der Waals surface area contributed by atoms with Gasteiger partial charge in [-0.05, 0) is 6.42 Å². The number of rotatable bonds is 6. The lowest BCUT2D eigenvalue weighted by Crippen LogP contribution is -2.18. The quantitative estimate of drug-likeness (QED) is 0.694. The van der Waals surface area contributed by atoms with Gasteiger partial charge in [0.2, 0.25) is 5.89 Å². The predicted octanol–water partition coefficient (Wildman–Crippen LogP) is 1.15. The Morgan fingerprint density at radius 1 is 1.36 bits per heavy atom. The fourth-order valence-corrected chi connectivity index (χ4v) is 1.18. The van der Waals surface area contributed by atoms with Crippen LogP contribution in [0.2, 0.25) is 0 Å². The minimum absolute atomic E-state index is 0.301. The van der Waals surface area contributed by atoms with Crippen molar-refractivity contribution >= 4 is 6.01 Å². The van der Waals surface area contributed by atoms with Gasteiger partial charge in [0.25, 0.3) is 0 Å². The van der Waals surface area contributed by atoms with Gasteiger partial charge in [0.05, 0.1) is 6.54 Å². The maximum atomic E-state index is 5.37. The number of unbranched alkanes of at least 4 members (excludes halogenated alkanes) is 2. The molecule has 1 heterocycles. The molecule has 80 valence electrons. The van der Waals surface area contributed by atoms with Crippen LogP contribution in [0.4, 0.5) is 6.01 Å². The van der Waals surface area contributed by atoms with Crippen LogP contribution in [0.3, 0.4) is 0 Å². The molecule has 1 rings (SSSR count). The minimum atomic E-state index is 0.301. The molecular weight excluding hydrogens is 180 g/mol. The first-order chi connectivity index (χ1) is 6.77. The van der Waals surface area contributed by atoms with Crippen LogP contribution in [-0.2, 0) is 6.54 Å². The van der Waals surface area contributed by atoms with Gasteiger partial charge >= 0.3 is 6.01 Å². The van der Waals surface area contributed by atoms with E-state index < -0.39 is 0 Å². The standard InChI is InChI=1S/C9H18N4O/c1-3-4-5-6-13(2)9-12-11-8(7-10)14-9/h3-7,10H2,1-2H3. The van der Waals surface area contributed by atoms with Gasteiger partial charge in [-0.3, -0.25) is 0 Å². The SMILES string of the molecule is CCCCCN(C)c1nnc(CN)o1. The zero-order valence-electron chi connectivity index (χ0n) is 8.86. The highest BCUT2D eigenvalue weighted by Crippen LogP contribution is 2.10. The second-order valence-electron chi connectivity index (χ2n) is 3.31. The lowest BCUT2D eigenvalue weighted by Gasteiger charge is -2.12. The summed E-state index contributed by atoms with van der Waals surface area (Å²) in [6.45, 7) is 3.43. The van der Waals surface area contributed by atoms with E-state index in [4.69, 9.17) is 10.2 Å². The van der Waals surface area contributed by atoms with Crippen molar-refractivity contribution in [3.8, 4) is 0 Å². The van der Waals surface area contributed by atoms with E-state index in [0.29, 0.717) is 18.5 Å². The van der Waals surface area contributed by atoms with Crippen LogP contribution in [-0.4, -0.2) is 23.8 Å². The van der Waals surface area contributed by atoms with E-state index in [1.54, 1.807) is 0 Å². The molecule has 5 heteroatoms. The smallest absolute Gasteiger partial charge is 0.317 e. The van der Waals surface area contributed by atoms with Crippen molar-refractivity contribution in [2.45, 2.75) is 32.7 Å². The number of anilines is 1. The Hall–Kier alpha value is -1.10. The van der Waals surface area contributed by atoms with E-state index in [2.05, 4.69) is 17.1 Å². The highest BCUT2D eigenvalue weighted by atomic mass is 16.4. The van der Waals surface area contributed by atoms with E-state index in [9.17, 15) is 0 Å². The molecule has 1 aromatic rings. The second kappa shape index (κ2) is 5.59. The molecule has 0 aromatic carbocycles. The predicted molar refractivity (Wildman–Crippen MR) is 55.0 cm³/mol. The molecule has 14 heavy (non-hydrogen) atoms. The van der Waals surface area contributed by atoms with Crippen molar-refractivity contribution in [1.29, 1.82) is 0 Å². The molecule has 0 spiro atoms. The maximum Gasteiger partial charge on any atom is 0.317 e. The topological polar surface area (TPSA) is 68.2 Å². The summed E-state index contributed by atoms with van der Waals surface area (Å²) < 4.78 is 5.30. The lowest BCUT2D eigenvalue weighted by atomic mass is 10.2. The summed E-state index contributed by atoms with van der Waals surface area (Å²) in [6, 6.07) is 0.557. The van der Waals surface area contributed by atoms with Crippen molar-refractivity contribution in [3.05, 3.63) is 5.89 Å². The average Bonchev–Trinajstić information content (AvgIpc) is 2.66. The van der Waals surface area contributed by atoms with Crippen LogP contribution in [0, 0.1) is 0 Å². The Labute approximate surface area is 84.3 Å². The average molecular weight is 198 g/mol. The van der Waals surface area contributed by atoms with E-state index >= 15 is 0 Å². The van der Waals surface area contributed by atoms with Gasteiger partial charge in [0, 0.05) is 13.6 Å². The Morgan fingerprint density at radius 2 is 2.14 bits per heavy atom. The number of hydrogen-bond acceptors (Lipinski definition) is 5. The monoisotopic (exact) mass is 198 g/mol. The summed E-state index contributed by atoms with van der Waals surface area (Å²) in [5.41, 5.74) is 5.37. The molecule has 0 radical (unpaired) electrons. The summed E-state index contributed by atoms with van der Waals surface area (Å²) in [6.07, 6.45) is 3.58. The van der Waals surface area contributed by atoms with Crippen molar-refractivity contribution < 1.29 is 4.42 Å². The fourth-order valence-electron chi connectivity index (χ4n) is 1.18. The third-order valence-corrected chi connectivity index (χ3v) is 2.05. The molecule has 0 aliphatic heterocycles. The van der Waals surface area contributed by atoms with E-state index in [0.717, 1.165) is 13.0 Å². The first-order valence-corrected chi connectivity index (χ1v) is 5.01. The first kappa shape index (κ1) is 11.0. The molecule has 1 aromatic heterocycles. The van der Waals surface area contributed by atoms with Crippen LogP contribution in [0.5, 0.6) is 0 Å². The van der Waals surface area contributed by atoms with Gasteiger partial charge < -0.3 is 15.1 Å². The summed E-state index contributed by atoms with van der Waals surface area (Å²) in [7, 11) is 1.95.